The second-order valence-electron chi connectivity index (χ2n) is 5.71. The van der Waals surface area contributed by atoms with E-state index in [1.165, 1.54) is 0 Å². The Morgan fingerprint density at radius 2 is 2.13 bits per heavy atom. The number of rotatable bonds is 6. The third-order valence-electron chi connectivity index (χ3n) is 3.18. The smallest absolute Gasteiger partial charge is 0.267 e. The molecule has 23 heavy (non-hydrogen) atoms. The molecule has 2 heterocycles. The first-order valence-electron chi connectivity index (χ1n) is 7.43. The van der Waals surface area contributed by atoms with Crippen molar-refractivity contribution < 1.29 is 9.90 Å². The van der Waals surface area contributed by atoms with Gasteiger partial charge in [-0.05, 0) is 32.9 Å². The van der Waals surface area contributed by atoms with Gasteiger partial charge in [0.2, 0.25) is 0 Å². The molecule has 6 nitrogen and oxygen atoms in total. The second kappa shape index (κ2) is 7.48. The Morgan fingerprint density at radius 1 is 1.39 bits per heavy atom. The molecular weight excluding hydrogens is 316 g/mol. The van der Waals surface area contributed by atoms with Crippen LogP contribution in [-0.4, -0.2) is 39.7 Å². The zero-order chi connectivity index (χ0) is 17.0. The summed E-state index contributed by atoms with van der Waals surface area (Å²) in [4.78, 5) is 19.2. The maximum Gasteiger partial charge on any atom is 0.267 e. The number of nitrogens with one attached hydrogen (secondary N) is 3. The second-order valence-corrected chi connectivity index (χ2v) is 6.11. The average molecular weight is 337 g/mol. The highest BCUT2D eigenvalue weighted by atomic mass is 35.5. The molecule has 0 unspecified atom stereocenters. The summed E-state index contributed by atoms with van der Waals surface area (Å²) < 4.78 is 0. The Balaban J connectivity index is 2.24. The fourth-order valence-electron chi connectivity index (χ4n) is 2.06. The average Bonchev–Trinajstić information content (AvgIpc) is 2.98. The minimum absolute atomic E-state index is 0.111. The zero-order valence-corrected chi connectivity index (χ0v) is 14.1. The van der Waals surface area contributed by atoms with E-state index in [1.54, 1.807) is 25.4 Å². The fraction of sp³-hybridized carbons (Fsp3) is 0.375. The quantitative estimate of drug-likeness (QED) is 0.653. The van der Waals surface area contributed by atoms with E-state index in [4.69, 9.17) is 16.7 Å². The van der Waals surface area contributed by atoms with E-state index >= 15 is 0 Å². The van der Waals surface area contributed by atoms with Gasteiger partial charge in [-0.2, -0.15) is 0 Å². The monoisotopic (exact) mass is 336 g/mol. The summed E-state index contributed by atoms with van der Waals surface area (Å²) in [6.45, 7) is 5.67. The highest BCUT2D eigenvalue weighted by Crippen LogP contribution is 2.30. The van der Waals surface area contributed by atoms with Crippen molar-refractivity contribution in [2.24, 2.45) is 0 Å². The number of aliphatic hydroxyl groups is 1. The van der Waals surface area contributed by atoms with Gasteiger partial charge in [0.15, 0.2) is 0 Å². The zero-order valence-electron chi connectivity index (χ0n) is 13.4. The van der Waals surface area contributed by atoms with Crippen molar-refractivity contribution in [2.45, 2.75) is 32.9 Å². The summed E-state index contributed by atoms with van der Waals surface area (Å²) in [5, 5.41) is 15.4. The van der Waals surface area contributed by atoms with Crippen LogP contribution >= 0.6 is 11.6 Å². The van der Waals surface area contributed by atoms with E-state index in [-0.39, 0.29) is 24.6 Å². The van der Waals surface area contributed by atoms with Crippen molar-refractivity contribution in [3.05, 3.63) is 35.2 Å². The van der Waals surface area contributed by atoms with Gasteiger partial charge in [0.1, 0.15) is 11.5 Å². The Hall–Kier alpha value is -2.05. The predicted molar refractivity (Wildman–Crippen MR) is 91.8 cm³/mol. The molecule has 4 N–H and O–H groups in total. The molecule has 0 fully saturated rings. The van der Waals surface area contributed by atoms with Gasteiger partial charge in [-0.15, -0.1) is 0 Å². The lowest BCUT2D eigenvalue weighted by molar-refractivity contribution is 0.0918. The number of carbonyl (C=O) groups is 1. The van der Waals surface area contributed by atoms with E-state index < -0.39 is 0 Å². The molecule has 0 aromatic carbocycles. The van der Waals surface area contributed by atoms with E-state index in [0.29, 0.717) is 10.7 Å². The number of aliphatic hydroxyl groups excluding tert-OH is 1. The SMILES string of the molecule is CC(C)Nc1cc(-c2c[nH]c(C(=O)N[C@@H](C)CO)c2)c(Cl)cn1. The van der Waals surface area contributed by atoms with Gasteiger partial charge in [-0.25, -0.2) is 4.98 Å². The lowest BCUT2D eigenvalue weighted by atomic mass is 10.1. The van der Waals surface area contributed by atoms with Gasteiger partial charge in [0.05, 0.1) is 11.6 Å². The van der Waals surface area contributed by atoms with Crippen LogP contribution in [0.5, 0.6) is 0 Å². The molecule has 1 atom stereocenters. The van der Waals surface area contributed by atoms with Gasteiger partial charge in [0.25, 0.3) is 5.91 Å². The molecule has 2 aromatic rings. The maximum atomic E-state index is 12.0. The Kier molecular flexibility index (Phi) is 5.63. The number of H-pyrrole nitrogens is 1. The van der Waals surface area contributed by atoms with Gasteiger partial charge >= 0.3 is 0 Å². The van der Waals surface area contributed by atoms with Crippen molar-refractivity contribution in [2.75, 3.05) is 11.9 Å². The Bertz CT molecular complexity index is 684. The van der Waals surface area contributed by atoms with E-state index in [0.717, 1.165) is 16.9 Å². The molecule has 0 aliphatic carbocycles. The van der Waals surface area contributed by atoms with Crippen molar-refractivity contribution in [3.8, 4) is 11.1 Å². The summed E-state index contributed by atoms with van der Waals surface area (Å²) in [5.41, 5.74) is 1.99. The number of amides is 1. The third-order valence-corrected chi connectivity index (χ3v) is 3.48. The van der Waals surface area contributed by atoms with Crippen LogP contribution in [0.25, 0.3) is 11.1 Å². The lowest BCUT2D eigenvalue weighted by Gasteiger charge is -2.11. The largest absolute Gasteiger partial charge is 0.394 e. The first kappa shape index (κ1) is 17.3. The number of aromatic amines is 1. The number of carbonyl (C=O) groups excluding carboxylic acids is 1. The van der Waals surface area contributed by atoms with Crippen molar-refractivity contribution >= 4 is 23.3 Å². The normalized spacial score (nSPS) is 12.3. The van der Waals surface area contributed by atoms with Gasteiger partial charge in [-0.3, -0.25) is 4.79 Å². The van der Waals surface area contributed by atoms with E-state index in [1.807, 2.05) is 19.9 Å². The standard InChI is InChI=1S/C16H21ClN4O2/c1-9(2)20-15-5-12(13(17)7-19-15)11-4-14(18-6-11)16(23)21-10(3)8-22/h4-7,9-10,18,22H,8H2,1-3H3,(H,19,20)(H,21,23)/t10-/m0/s1. The van der Waals surface area contributed by atoms with Crippen LogP contribution in [0.15, 0.2) is 24.5 Å². The molecular formula is C16H21ClN4O2. The molecule has 124 valence electrons. The predicted octanol–water partition coefficient (Wildman–Crippen LogP) is 2.66. The summed E-state index contributed by atoms with van der Waals surface area (Å²) in [6.07, 6.45) is 3.31. The molecule has 0 aliphatic rings. The highest BCUT2D eigenvalue weighted by molar-refractivity contribution is 6.33. The number of hydrogen-bond donors (Lipinski definition) is 4. The van der Waals surface area contributed by atoms with E-state index in [9.17, 15) is 4.79 Å². The first-order chi connectivity index (χ1) is 10.9. The summed E-state index contributed by atoms with van der Waals surface area (Å²) in [5.74, 6) is 0.448. The van der Waals surface area contributed by atoms with Gasteiger partial charge < -0.3 is 20.7 Å². The minimum Gasteiger partial charge on any atom is -0.394 e. The molecule has 0 aliphatic heterocycles. The van der Waals surface area contributed by atoms with Crippen LogP contribution in [0.4, 0.5) is 5.82 Å². The third kappa shape index (κ3) is 4.46. The summed E-state index contributed by atoms with van der Waals surface area (Å²) in [6, 6.07) is 3.52. The van der Waals surface area contributed by atoms with Crippen LogP contribution in [0, 0.1) is 0 Å². The molecule has 2 aromatic heterocycles. The van der Waals surface area contributed by atoms with Gasteiger partial charge in [-0.1, -0.05) is 11.6 Å². The number of pyridine rings is 1. The maximum absolute atomic E-state index is 12.0. The van der Waals surface area contributed by atoms with E-state index in [2.05, 4.69) is 20.6 Å². The Morgan fingerprint density at radius 3 is 2.78 bits per heavy atom. The van der Waals surface area contributed by atoms with Crippen LogP contribution in [-0.2, 0) is 0 Å². The fourth-order valence-corrected chi connectivity index (χ4v) is 2.28. The molecule has 0 radical (unpaired) electrons. The van der Waals surface area contributed by atoms with Crippen LogP contribution in [0.1, 0.15) is 31.3 Å². The highest BCUT2D eigenvalue weighted by Gasteiger charge is 2.14. The van der Waals surface area contributed by atoms with Crippen molar-refractivity contribution in [3.63, 3.8) is 0 Å². The number of aromatic nitrogens is 2. The molecule has 0 bridgehead atoms. The molecule has 7 heteroatoms. The van der Waals surface area contributed by atoms with Crippen LogP contribution in [0.2, 0.25) is 5.02 Å². The van der Waals surface area contributed by atoms with Gasteiger partial charge in [0, 0.05) is 35.6 Å². The minimum atomic E-state index is -0.305. The molecule has 0 saturated heterocycles. The van der Waals surface area contributed by atoms with Crippen LogP contribution in [0.3, 0.4) is 0 Å². The summed E-state index contributed by atoms with van der Waals surface area (Å²) in [7, 11) is 0. The topological polar surface area (TPSA) is 90.0 Å². The molecule has 0 saturated carbocycles. The molecule has 2 rings (SSSR count). The van der Waals surface area contributed by atoms with Crippen LogP contribution < -0.4 is 10.6 Å². The number of halogens is 1. The number of hydrogen-bond acceptors (Lipinski definition) is 4. The molecule has 0 spiro atoms. The lowest BCUT2D eigenvalue weighted by Crippen LogP contribution is -2.35. The Labute approximate surface area is 140 Å². The molecule has 1 amide bonds. The van der Waals surface area contributed by atoms with Crippen molar-refractivity contribution in [1.82, 2.24) is 15.3 Å². The van der Waals surface area contributed by atoms with Crippen molar-refractivity contribution in [1.29, 1.82) is 0 Å². The summed E-state index contributed by atoms with van der Waals surface area (Å²) >= 11 is 6.23. The first-order valence-corrected chi connectivity index (χ1v) is 7.81. The number of anilines is 1. The number of nitrogens with zero attached hydrogens (tertiary/aromatic N) is 1.